The van der Waals surface area contributed by atoms with E-state index in [1.165, 1.54) is 18.1 Å². The largest absolute Gasteiger partial charge is 0.504 e. The van der Waals surface area contributed by atoms with E-state index in [0.717, 1.165) is 42.6 Å². The molecule has 11 heteroatoms. The van der Waals surface area contributed by atoms with Crippen molar-refractivity contribution in [1.29, 1.82) is 0 Å². The van der Waals surface area contributed by atoms with E-state index in [9.17, 15) is 24.3 Å². The topological polar surface area (TPSA) is 104 Å². The van der Waals surface area contributed by atoms with Crippen LogP contribution in [0.4, 0.5) is 0 Å². The van der Waals surface area contributed by atoms with Gasteiger partial charge in [0, 0.05) is 12.0 Å². The van der Waals surface area contributed by atoms with Crippen LogP contribution in [0.15, 0.2) is 35.9 Å². The Morgan fingerprint density at radius 1 is 1.07 bits per heavy atom. The number of carbonyl (C=O) groups excluding carboxylic acids is 4. The minimum absolute atomic E-state index is 0.0198. The Hall–Kier alpha value is -2.36. The molecule has 0 radical (unpaired) electrons. The third kappa shape index (κ3) is 4.05. The molecule has 2 saturated heterocycles. The summed E-state index contributed by atoms with van der Waals surface area (Å²) in [5.41, 5.74) is 1.35. The fraction of sp³-hybridized carbons (Fsp3) is 0.533. The Labute approximate surface area is 256 Å². The zero-order valence-corrected chi connectivity index (χ0v) is 25.6. The summed E-state index contributed by atoms with van der Waals surface area (Å²) >= 11 is 17.7. The van der Waals surface area contributed by atoms with Gasteiger partial charge in [-0.05, 0) is 49.3 Å². The number of amides is 4. The number of phenols is 1. The Bertz CT molecular complexity index is 1390. The number of carbonyl (C=O) groups is 4. The van der Waals surface area contributed by atoms with Crippen LogP contribution < -0.4 is 4.74 Å². The molecule has 41 heavy (non-hydrogen) atoms. The number of methoxy groups -OCH3 is 1. The van der Waals surface area contributed by atoms with E-state index in [1.807, 2.05) is 6.08 Å². The quantitative estimate of drug-likeness (QED) is 0.206. The minimum Gasteiger partial charge on any atom is -0.504 e. The summed E-state index contributed by atoms with van der Waals surface area (Å²) in [4.78, 5) is 54.0. The van der Waals surface area contributed by atoms with Gasteiger partial charge in [0.15, 0.2) is 21.2 Å². The van der Waals surface area contributed by atoms with Crippen molar-refractivity contribution in [2.45, 2.75) is 60.7 Å². The Morgan fingerprint density at radius 2 is 1.80 bits per heavy atom. The van der Waals surface area contributed by atoms with Gasteiger partial charge < -0.3 is 9.84 Å². The van der Waals surface area contributed by atoms with E-state index < -0.39 is 45.2 Å². The number of alkyl halides is 3. The fourth-order valence-corrected chi connectivity index (χ4v) is 9.11. The normalized spacial score (nSPS) is 35.6. The van der Waals surface area contributed by atoms with Crippen molar-refractivity contribution in [2.24, 2.45) is 23.7 Å². The van der Waals surface area contributed by atoms with Crippen molar-refractivity contribution in [1.82, 2.24) is 9.80 Å². The fourth-order valence-electron chi connectivity index (χ4n) is 7.73. The summed E-state index contributed by atoms with van der Waals surface area (Å²) in [7, 11) is 1.45. The van der Waals surface area contributed by atoms with Gasteiger partial charge in [0.1, 0.15) is 0 Å². The van der Waals surface area contributed by atoms with Gasteiger partial charge >= 0.3 is 0 Å². The number of halogens is 3. The highest BCUT2D eigenvalue weighted by Crippen LogP contribution is 2.63. The number of fused-ring (bicyclic) bond motifs is 4. The second kappa shape index (κ2) is 10.4. The predicted molar refractivity (Wildman–Crippen MR) is 157 cm³/mol. The molecule has 8 nitrogen and oxygen atoms in total. The van der Waals surface area contributed by atoms with E-state index in [4.69, 9.17) is 27.9 Å². The molecule has 1 aromatic rings. The Kier molecular flexibility index (Phi) is 7.31. The van der Waals surface area contributed by atoms with Gasteiger partial charge in [0.25, 0.3) is 11.8 Å². The summed E-state index contributed by atoms with van der Waals surface area (Å²) < 4.78 is 5.23. The average molecular weight is 666 g/mol. The van der Waals surface area contributed by atoms with Crippen molar-refractivity contribution in [3.8, 4) is 11.5 Å². The summed E-state index contributed by atoms with van der Waals surface area (Å²) in [6, 6.07) is 4.72. The molecule has 2 aliphatic heterocycles. The van der Waals surface area contributed by atoms with E-state index in [2.05, 4.69) is 15.9 Å². The Morgan fingerprint density at radius 3 is 2.49 bits per heavy atom. The van der Waals surface area contributed by atoms with E-state index in [1.54, 1.807) is 24.3 Å². The van der Waals surface area contributed by atoms with E-state index in [-0.39, 0.29) is 41.2 Å². The molecule has 4 fully saturated rings. The number of nitrogens with zero attached hydrogens (tertiary/aromatic N) is 2. The van der Waals surface area contributed by atoms with Crippen LogP contribution in [0.2, 0.25) is 0 Å². The lowest BCUT2D eigenvalue weighted by Crippen LogP contribution is -2.60. The average Bonchev–Trinajstić information content (AvgIpc) is 3.31. The van der Waals surface area contributed by atoms with E-state index in [0.29, 0.717) is 12.0 Å². The number of hydrogen-bond acceptors (Lipinski definition) is 6. The molecule has 0 aromatic heterocycles. The van der Waals surface area contributed by atoms with Crippen molar-refractivity contribution in [3.63, 3.8) is 0 Å². The third-order valence-corrected chi connectivity index (χ3v) is 11.7. The van der Waals surface area contributed by atoms with Gasteiger partial charge in [-0.25, -0.2) is 0 Å². The number of hydrogen-bond donors (Lipinski definition) is 1. The second-order valence-electron chi connectivity index (χ2n) is 11.7. The molecule has 218 valence electrons. The highest BCUT2D eigenvalue weighted by molar-refractivity contribution is 9.09. The van der Waals surface area contributed by atoms with Crippen LogP contribution in [0.3, 0.4) is 0 Å². The first kappa shape index (κ1) is 28.7. The van der Waals surface area contributed by atoms with Crippen LogP contribution in [0.5, 0.6) is 11.5 Å². The van der Waals surface area contributed by atoms with Crippen molar-refractivity contribution in [2.75, 3.05) is 12.6 Å². The molecule has 1 N–H and O–H groups in total. The van der Waals surface area contributed by atoms with Gasteiger partial charge in [-0.2, -0.15) is 0 Å². The predicted octanol–water partition coefficient (Wildman–Crippen LogP) is 4.99. The first-order valence-corrected chi connectivity index (χ1v) is 15.9. The SMILES string of the molecule is COc1cc(C=C[C@H]2C3=CC[C@@H]4C(=O)N(C5CCCCC5)C(=O)[C@@H]4[C@@H]3C[C@@]3(Cl)C(=O)N(CBr)C(=O)[C@@]23Cl)ccc1O. The maximum Gasteiger partial charge on any atom is 0.254 e. The molecule has 6 rings (SSSR count). The smallest absolute Gasteiger partial charge is 0.254 e. The van der Waals surface area contributed by atoms with Gasteiger partial charge in [-0.1, -0.05) is 65.1 Å². The lowest BCUT2D eigenvalue weighted by atomic mass is 9.57. The van der Waals surface area contributed by atoms with Gasteiger partial charge in [-0.15, -0.1) is 23.2 Å². The monoisotopic (exact) mass is 664 g/mol. The first-order valence-electron chi connectivity index (χ1n) is 14.0. The zero-order chi connectivity index (χ0) is 29.3. The summed E-state index contributed by atoms with van der Waals surface area (Å²) in [6.07, 6.45) is 10.4. The molecular weight excluding hydrogens is 635 g/mol. The molecule has 0 bridgehead atoms. The number of ether oxygens (including phenoxy) is 1. The van der Waals surface area contributed by atoms with Crippen LogP contribution in [0.1, 0.15) is 50.5 Å². The first-order chi connectivity index (χ1) is 19.6. The number of benzene rings is 1. The van der Waals surface area contributed by atoms with E-state index >= 15 is 0 Å². The maximum atomic E-state index is 14.0. The number of rotatable bonds is 5. The van der Waals surface area contributed by atoms with Crippen LogP contribution in [-0.4, -0.2) is 66.9 Å². The lowest BCUT2D eigenvalue weighted by Gasteiger charge is -2.49. The molecule has 0 spiro atoms. The second-order valence-corrected chi connectivity index (χ2v) is 13.4. The molecule has 2 saturated carbocycles. The van der Waals surface area contributed by atoms with Crippen LogP contribution in [-0.2, 0) is 19.2 Å². The maximum absolute atomic E-state index is 14.0. The molecule has 0 unspecified atom stereocenters. The molecule has 4 amide bonds. The molecule has 1 aromatic carbocycles. The highest BCUT2D eigenvalue weighted by atomic mass is 79.9. The highest BCUT2D eigenvalue weighted by Gasteiger charge is 2.75. The van der Waals surface area contributed by atoms with Crippen LogP contribution in [0, 0.1) is 23.7 Å². The lowest BCUT2D eigenvalue weighted by molar-refractivity contribution is -0.144. The number of phenolic OH excluding ortho intramolecular Hbond substituents is 1. The van der Waals surface area contributed by atoms with Crippen LogP contribution >= 0.6 is 39.1 Å². The number of aromatic hydroxyl groups is 1. The molecule has 5 aliphatic rings. The van der Waals surface area contributed by atoms with Gasteiger partial charge in [0.2, 0.25) is 11.8 Å². The molecule has 2 heterocycles. The van der Waals surface area contributed by atoms with Crippen molar-refractivity contribution < 1.29 is 29.0 Å². The summed E-state index contributed by atoms with van der Waals surface area (Å²) in [6.45, 7) is 0. The molecule has 3 aliphatic carbocycles. The molecular formula is C30H31BrCl2N2O6. The summed E-state index contributed by atoms with van der Waals surface area (Å²) in [5.74, 6) is -3.84. The van der Waals surface area contributed by atoms with Crippen molar-refractivity contribution in [3.05, 3.63) is 41.5 Å². The number of imide groups is 2. The number of allylic oxidation sites excluding steroid dienone is 3. The van der Waals surface area contributed by atoms with Crippen molar-refractivity contribution >= 4 is 68.8 Å². The summed E-state index contributed by atoms with van der Waals surface area (Å²) in [5, 5.41) is 10.0. The minimum atomic E-state index is -1.83. The van der Waals surface area contributed by atoms with Gasteiger partial charge in [-0.3, -0.25) is 29.0 Å². The standard InChI is InChI=1S/C30H31BrCl2N2O6/c1-41-23-13-16(8-12-22(23)36)7-11-21-18-9-10-19-24(26(38)35(25(19)37)17-5-3-2-4-6-17)20(18)14-29(32)27(39)34(15-31)28(40)30(21,29)33/h7-9,11-13,17,19-21,24,36H,2-6,10,14-15H2,1H3/t19-,20+,21-,24-,29+,30-/m0/s1. The van der Waals surface area contributed by atoms with Gasteiger partial charge in [0.05, 0.1) is 24.4 Å². The zero-order valence-electron chi connectivity index (χ0n) is 22.5. The molecule has 6 atom stereocenters. The number of likely N-dealkylation sites (tertiary alicyclic amines) is 2. The van der Waals surface area contributed by atoms with Crippen LogP contribution in [0.25, 0.3) is 6.08 Å². The third-order valence-electron chi connectivity index (χ3n) is 9.73. The Balaban J connectivity index is 1.44.